The van der Waals surface area contributed by atoms with E-state index in [1.165, 1.54) is 12.4 Å². The van der Waals surface area contributed by atoms with Crippen LogP contribution < -0.4 is 0 Å². The third-order valence-corrected chi connectivity index (χ3v) is 3.11. The van der Waals surface area contributed by atoms with Crippen molar-refractivity contribution in [3.63, 3.8) is 0 Å². The van der Waals surface area contributed by atoms with Gasteiger partial charge in [-0.2, -0.15) is 10.2 Å². The zero-order chi connectivity index (χ0) is 15.2. The maximum atomic E-state index is 9.92. The lowest BCUT2D eigenvalue weighted by Gasteiger charge is -2.06. The first-order chi connectivity index (χ1) is 10.1. The van der Waals surface area contributed by atoms with Crippen LogP contribution >= 0.6 is 11.6 Å². The summed E-state index contributed by atoms with van der Waals surface area (Å²) in [5, 5.41) is 27.6. The Morgan fingerprint density at radius 2 is 1.86 bits per heavy atom. The van der Waals surface area contributed by atoms with Crippen molar-refractivity contribution in [2.24, 2.45) is 10.2 Å². The van der Waals surface area contributed by atoms with Gasteiger partial charge in [-0.3, -0.25) is 4.98 Å². The molecule has 0 aliphatic carbocycles. The maximum absolute atomic E-state index is 9.92. The van der Waals surface area contributed by atoms with Crippen molar-refractivity contribution in [2.75, 3.05) is 0 Å². The molecule has 1 aromatic heterocycles. The summed E-state index contributed by atoms with van der Waals surface area (Å²) in [6, 6.07) is 7.15. The molecule has 0 atom stereocenters. The Balaban J connectivity index is 2.18. The number of aryl methyl sites for hydroxylation is 1. The standard InChI is InChI=1S/C15H14ClN3O2/c1-10-15(21)14(12(9-20)7-17-10)8-19-18-6-11-2-4-13(16)5-3-11/h2-8,20-21H,9H2,1H3/b18-6-,19-8+. The molecule has 2 N–H and O–H groups in total. The van der Waals surface area contributed by atoms with Gasteiger partial charge in [-0.05, 0) is 24.6 Å². The second kappa shape index (κ2) is 6.97. The van der Waals surface area contributed by atoms with Crippen molar-refractivity contribution in [2.45, 2.75) is 13.5 Å². The molecular weight excluding hydrogens is 290 g/mol. The van der Waals surface area contributed by atoms with Crippen molar-refractivity contribution in [1.29, 1.82) is 0 Å². The summed E-state index contributed by atoms with van der Waals surface area (Å²) in [5.41, 5.74) is 2.23. The smallest absolute Gasteiger partial charge is 0.145 e. The van der Waals surface area contributed by atoms with Crippen LogP contribution in [0, 0.1) is 6.92 Å². The molecule has 0 fully saturated rings. The van der Waals surface area contributed by atoms with Crippen LogP contribution in [-0.2, 0) is 6.61 Å². The first-order valence-corrected chi connectivity index (χ1v) is 6.60. The predicted octanol–water partition coefficient (Wildman–Crippen LogP) is 2.69. The third kappa shape index (κ3) is 3.87. The molecule has 5 nitrogen and oxygen atoms in total. The SMILES string of the molecule is Cc1ncc(CO)c(/C=N/N=C\c2ccc(Cl)cc2)c1O. The third-order valence-electron chi connectivity index (χ3n) is 2.86. The zero-order valence-electron chi connectivity index (χ0n) is 11.4. The first kappa shape index (κ1) is 15.2. The van der Waals surface area contributed by atoms with Crippen molar-refractivity contribution in [1.82, 2.24) is 4.98 Å². The number of aromatic hydroxyl groups is 1. The fourth-order valence-corrected chi connectivity index (χ4v) is 1.79. The Hall–Kier alpha value is -2.24. The summed E-state index contributed by atoms with van der Waals surface area (Å²) >= 11 is 5.79. The Kier molecular flexibility index (Phi) is 5.03. The van der Waals surface area contributed by atoms with E-state index >= 15 is 0 Å². The first-order valence-electron chi connectivity index (χ1n) is 6.22. The number of aromatic nitrogens is 1. The number of pyridine rings is 1. The van der Waals surface area contributed by atoms with E-state index in [9.17, 15) is 10.2 Å². The lowest BCUT2D eigenvalue weighted by atomic mass is 10.1. The van der Waals surface area contributed by atoms with E-state index in [1.807, 2.05) is 12.1 Å². The van der Waals surface area contributed by atoms with Gasteiger partial charge in [-0.1, -0.05) is 23.7 Å². The molecule has 0 aliphatic rings. The minimum atomic E-state index is -0.233. The van der Waals surface area contributed by atoms with Crippen LogP contribution in [-0.4, -0.2) is 27.6 Å². The van der Waals surface area contributed by atoms with Crippen LogP contribution in [0.4, 0.5) is 0 Å². The molecule has 6 heteroatoms. The molecule has 0 aliphatic heterocycles. The number of nitrogens with zero attached hydrogens (tertiary/aromatic N) is 3. The highest BCUT2D eigenvalue weighted by Gasteiger charge is 2.08. The molecule has 108 valence electrons. The second-order valence-electron chi connectivity index (χ2n) is 4.33. The molecule has 0 bridgehead atoms. The summed E-state index contributed by atoms with van der Waals surface area (Å²) in [7, 11) is 0. The van der Waals surface area contributed by atoms with E-state index < -0.39 is 0 Å². The van der Waals surface area contributed by atoms with Gasteiger partial charge < -0.3 is 10.2 Å². The summed E-state index contributed by atoms with van der Waals surface area (Å²) in [6.07, 6.45) is 4.46. The lowest BCUT2D eigenvalue weighted by Crippen LogP contribution is -1.97. The van der Waals surface area contributed by atoms with Gasteiger partial charge in [0.2, 0.25) is 0 Å². The van der Waals surface area contributed by atoms with Crippen LogP contribution in [0.3, 0.4) is 0 Å². The van der Waals surface area contributed by atoms with E-state index in [0.717, 1.165) is 5.56 Å². The molecule has 0 amide bonds. The number of hydrogen-bond acceptors (Lipinski definition) is 5. The molecule has 0 saturated carbocycles. The van der Waals surface area contributed by atoms with E-state index in [0.29, 0.717) is 21.8 Å². The quantitative estimate of drug-likeness (QED) is 0.673. The predicted molar refractivity (Wildman–Crippen MR) is 83.2 cm³/mol. The number of benzene rings is 1. The van der Waals surface area contributed by atoms with Crippen molar-refractivity contribution < 1.29 is 10.2 Å². The molecule has 1 aromatic carbocycles. The molecule has 2 rings (SSSR count). The van der Waals surface area contributed by atoms with Crippen LogP contribution in [0.25, 0.3) is 0 Å². The Labute approximate surface area is 127 Å². The summed E-state index contributed by atoms with van der Waals surface area (Å²) in [5.74, 6) is -0.00741. The van der Waals surface area contributed by atoms with E-state index in [-0.39, 0.29) is 12.4 Å². The normalized spacial score (nSPS) is 11.6. The Morgan fingerprint density at radius 1 is 1.19 bits per heavy atom. The molecular formula is C15H14ClN3O2. The molecule has 0 radical (unpaired) electrons. The van der Waals surface area contributed by atoms with Gasteiger partial charge in [0, 0.05) is 22.3 Å². The minimum Gasteiger partial charge on any atom is -0.505 e. The lowest BCUT2D eigenvalue weighted by molar-refractivity contribution is 0.280. The van der Waals surface area contributed by atoms with Gasteiger partial charge in [0.15, 0.2) is 0 Å². The molecule has 1 heterocycles. The average molecular weight is 304 g/mol. The molecule has 2 aromatic rings. The monoisotopic (exact) mass is 303 g/mol. The number of aliphatic hydroxyl groups excluding tert-OH is 1. The number of rotatable bonds is 4. The van der Waals surface area contributed by atoms with Gasteiger partial charge in [0.25, 0.3) is 0 Å². The van der Waals surface area contributed by atoms with Gasteiger partial charge in [0.05, 0.1) is 24.7 Å². The number of aliphatic hydroxyl groups is 1. The second-order valence-corrected chi connectivity index (χ2v) is 4.77. The topological polar surface area (TPSA) is 78.1 Å². The van der Waals surface area contributed by atoms with Crippen LogP contribution in [0.5, 0.6) is 5.75 Å². The minimum absolute atomic E-state index is 0.00741. The fraction of sp³-hybridized carbons (Fsp3) is 0.133. The van der Waals surface area contributed by atoms with Crippen LogP contribution in [0.15, 0.2) is 40.7 Å². The van der Waals surface area contributed by atoms with Crippen molar-refractivity contribution >= 4 is 24.0 Å². The molecule has 0 spiro atoms. The average Bonchev–Trinajstić information content (AvgIpc) is 2.49. The van der Waals surface area contributed by atoms with Crippen molar-refractivity contribution in [3.05, 3.63) is 57.9 Å². The highest BCUT2D eigenvalue weighted by atomic mass is 35.5. The fourth-order valence-electron chi connectivity index (χ4n) is 1.66. The van der Waals surface area contributed by atoms with Gasteiger partial charge in [-0.15, -0.1) is 0 Å². The van der Waals surface area contributed by atoms with E-state index in [2.05, 4.69) is 15.2 Å². The van der Waals surface area contributed by atoms with E-state index in [1.54, 1.807) is 25.3 Å². The molecule has 21 heavy (non-hydrogen) atoms. The number of halogens is 1. The van der Waals surface area contributed by atoms with Gasteiger partial charge in [-0.25, -0.2) is 0 Å². The highest BCUT2D eigenvalue weighted by molar-refractivity contribution is 6.30. The Bertz CT molecular complexity index is 682. The van der Waals surface area contributed by atoms with E-state index in [4.69, 9.17) is 11.6 Å². The van der Waals surface area contributed by atoms with Gasteiger partial charge in [0.1, 0.15) is 5.75 Å². The summed E-state index contributed by atoms with van der Waals surface area (Å²) < 4.78 is 0. The highest BCUT2D eigenvalue weighted by Crippen LogP contribution is 2.21. The zero-order valence-corrected chi connectivity index (χ0v) is 12.1. The molecule has 0 unspecified atom stereocenters. The van der Waals surface area contributed by atoms with Crippen LogP contribution in [0.2, 0.25) is 5.02 Å². The van der Waals surface area contributed by atoms with Crippen molar-refractivity contribution in [3.8, 4) is 5.75 Å². The largest absolute Gasteiger partial charge is 0.505 e. The van der Waals surface area contributed by atoms with Crippen LogP contribution in [0.1, 0.15) is 22.4 Å². The Morgan fingerprint density at radius 3 is 2.52 bits per heavy atom. The summed E-state index contributed by atoms with van der Waals surface area (Å²) in [4.78, 5) is 3.97. The molecule has 0 saturated heterocycles. The summed E-state index contributed by atoms with van der Waals surface area (Å²) in [6.45, 7) is 1.44. The van der Waals surface area contributed by atoms with Gasteiger partial charge >= 0.3 is 0 Å². The number of hydrogen-bond donors (Lipinski definition) is 2. The maximum Gasteiger partial charge on any atom is 0.145 e.